The maximum atomic E-state index is 12.4. The summed E-state index contributed by atoms with van der Waals surface area (Å²) in [5.74, 6) is -0.393. The topological polar surface area (TPSA) is 75.9 Å². The molecule has 0 unspecified atom stereocenters. The number of piperidine rings is 1. The Bertz CT molecular complexity index is 868. The molecule has 0 spiro atoms. The van der Waals surface area contributed by atoms with E-state index in [-0.39, 0.29) is 18.6 Å². The molecule has 2 heterocycles. The number of hydrogen-bond acceptors (Lipinski definition) is 4. The van der Waals surface area contributed by atoms with Crippen LogP contribution in [0.1, 0.15) is 27.9 Å². The Hall–Kier alpha value is -2.70. The number of likely N-dealkylation sites (N-methyl/N-ethyl adjacent to an activating group) is 1. The van der Waals surface area contributed by atoms with Crippen LogP contribution in [0.15, 0.2) is 54.6 Å². The van der Waals surface area contributed by atoms with Gasteiger partial charge in [0.1, 0.15) is 6.61 Å². The fraction of sp³-hybridized carbons (Fsp3) is 0.364. The molecule has 0 bridgehead atoms. The second kappa shape index (κ2) is 7.37. The highest BCUT2D eigenvalue weighted by atomic mass is 16.5. The molecule has 0 aliphatic carbocycles. The number of morpholine rings is 1. The maximum absolute atomic E-state index is 12.4. The van der Waals surface area contributed by atoms with E-state index in [2.05, 4.69) is 17.0 Å². The Morgan fingerprint density at radius 2 is 1.89 bits per heavy atom. The van der Waals surface area contributed by atoms with E-state index in [4.69, 9.17) is 10.5 Å². The molecule has 28 heavy (non-hydrogen) atoms. The fourth-order valence-corrected chi connectivity index (χ4v) is 4.46. The number of rotatable bonds is 4. The summed E-state index contributed by atoms with van der Waals surface area (Å²) in [5.41, 5.74) is 7.65. The van der Waals surface area contributed by atoms with Gasteiger partial charge >= 0.3 is 0 Å². The van der Waals surface area contributed by atoms with Gasteiger partial charge in [0.15, 0.2) is 0 Å². The molecule has 6 nitrogen and oxygen atoms in total. The van der Waals surface area contributed by atoms with E-state index in [1.165, 1.54) is 0 Å². The number of nitrogens with two attached hydrogens (primary N) is 1. The number of nitrogens with zero attached hydrogens (tertiary/aromatic N) is 2. The minimum Gasteiger partial charge on any atom is -0.366 e. The van der Waals surface area contributed by atoms with Crippen molar-refractivity contribution in [2.45, 2.75) is 24.6 Å². The first-order chi connectivity index (χ1) is 13.5. The van der Waals surface area contributed by atoms with E-state index >= 15 is 0 Å². The van der Waals surface area contributed by atoms with Crippen molar-refractivity contribution in [3.8, 4) is 0 Å². The summed E-state index contributed by atoms with van der Waals surface area (Å²) in [5, 5.41) is 0. The van der Waals surface area contributed by atoms with Crippen molar-refractivity contribution in [1.82, 2.24) is 9.80 Å². The van der Waals surface area contributed by atoms with Gasteiger partial charge < -0.3 is 15.4 Å². The zero-order valence-electron chi connectivity index (χ0n) is 16.0. The van der Waals surface area contributed by atoms with Crippen LogP contribution in [0.3, 0.4) is 0 Å². The molecule has 0 saturated carbocycles. The van der Waals surface area contributed by atoms with Crippen LogP contribution in [0.5, 0.6) is 0 Å². The molecule has 146 valence electrons. The minimum atomic E-state index is -0.428. The van der Waals surface area contributed by atoms with Crippen molar-refractivity contribution in [1.29, 1.82) is 0 Å². The molecule has 2 amide bonds. The van der Waals surface area contributed by atoms with Crippen LogP contribution in [0.4, 0.5) is 0 Å². The second-order valence-electron chi connectivity index (χ2n) is 7.59. The number of primary amides is 1. The molecule has 2 N–H and O–H groups in total. The molecule has 2 saturated heterocycles. The van der Waals surface area contributed by atoms with Gasteiger partial charge in [0.05, 0.1) is 11.6 Å². The van der Waals surface area contributed by atoms with Gasteiger partial charge in [-0.25, -0.2) is 0 Å². The first kappa shape index (κ1) is 18.7. The predicted octanol–water partition coefficient (Wildman–Crippen LogP) is 1.74. The number of fused-ring (bicyclic) bond motifs is 1. The monoisotopic (exact) mass is 379 g/mol. The highest BCUT2D eigenvalue weighted by Gasteiger charge is 2.52. The molecule has 0 aromatic heterocycles. The molecule has 2 aliphatic rings. The first-order valence-electron chi connectivity index (χ1n) is 9.55. The number of hydrogen-bond donors (Lipinski definition) is 1. The molecule has 2 aromatic rings. The zero-order chi connectivity index (χ0) is 19.7. The van der Waals surface area contributed by atoms with Crippen LogP contribution in [-0.4, -0.2) is 54.5 Å². The summed E-state index contributed by atoms with van der Waals surface area (Å²) in [4.78, 5) is 27.9. The molecule has 0 radical (unpaired) electrons. The normalized spacial score (nSPS) is 25.4. The highest BCUT2D eigenvalue weighted by molar-refractivity contribution is 5.92. The van der Waals surface area contributed by atoms with Crippen LogP contribution in [0.25, 0.3) is 0 Å². The molecular weight excluding hydrogens is 354 g/mol. The van der Waals surface area contributed by atoms with Crippen molar-refractivity contribution in [3.63, 3.8) is 0 Å². The Balaban J connectivity index is 1.55. The standard InChI is InChI=1S/C22H25N3O3/c1-24-20(26)15-28-19-14-25(13-16-7-9-17(10-8-16)21(23)27)12-11-22(19,24)18-5-3-2-4-6-18/h2-10,19H,11-15H2,1H3,(H2,23,27)/t19-,22+/m1/s1. The number of likely N-dealkylation sites (tertiary alicyclic amines) is 1. The minimum absolute atomic E-state index is 0.0237. The Labute approximate surface area is 164 Å². The Kier molecular flexibility index (Phi) is 4.91. The van der Waals surface area contributed by atoms with Gasteiger partial charge in [0, 0.05) is 32.2 Å². The van der Waals surface area contributed by atoms with Gasteiger partial charge in [-0.1, -0.05) is 42.5 Å². The summed E-state index contributed by atoms with van der Waals surface area (Å²) >= 11 is 0. The van der Waals surface area contributed by atoms with E-state index in [0.717, 1.165) is 37.2 Å². The van der Waals surface area contributed by atoms with E-state index in [1.54, 1.807) is 12.1 Å². The van der Waals surface area contributed by atoms with Gasteiger partial charge in [0.25, 0.3) is 0 Å². The number of carbonyl (C=O) groups excluding carboxylic acids is 2. The summed E-state index contributed by atoms with van der Waals surface area (Å²) in [6.07, 6.45) is 0.722. The Morgan fingerprint density at radius 1 is 1.18 bits per heavy atom. The third-order valence-corrected chi connectivity index (χ3v) is 6.06. The summed E-state index contributed by atoms with van der Waals surface area (Å²) < 4.78 is 6.05. The van der Waals surface area contributed by atoms with Gasteiger partial charge in [-0.15, -0.1) is 0 Å². The third kappa shape index (κ3) is 3.19. The van der Waals surface area contributed by atoms with Crippen molar-refractivity contribution in [2.24, 2.45) is 5.73 Å². The molecule has 2 aromatic carbocycles. The highest BCUT2D eigenvalue weighted by Crippen LogP contribution is 2.42. The molecule has 4 rings (SSSR count). The van der Waals surface area contributed by atoms with Gasteiger partial charge in [-0.05, 0) is 29.7 Å². The average Bonchev–Trinajstić information content (AvgIpc) is 2.72. The summed E-state index contributed by atoms with van der Waals surface area (Å²) in [7, 11) is 1.89. The van der Waals surface area contributed by atoms with Crippen LogP contribution < -0.4 is 5.73 Å². The molecule has 2 atom stereocenters. The van der Waals surface area contributed by atoms with E-state index in [1.807, 2.05) is 42.3 Å². The Morgan fingerprint density at radius 3 is 2.57 bits per heavy atom. The molecular formula is C22H25N3O3. The van der Waals surface area contributed by atoms with Crippen molar-refractivity contribution in [2.75, 3.05) is 26.7 Å². The molecule has 2 fully saturated rings. The quantitative estimate of drug-likeness (QED) is 0.878. The van der Waals surface area contributed by atoms with Gasteiger partial charge in [-0.3, -0.25) is 14.5 Å². The maximum Gasteiger partial charge on any atom is 0.249 e. The summed E-state index contributed by atoms with van der Waals surface area (Å²) in [6, 6.07) is 17.6. The number of ether oxygens (including phenoxy) is 1. The molecule has 2 aliphatic heterocycles. The third-order valence-electron chi connectivity index (χ3n) is 6.06. The van der Waals surface area contributed by atoms with Crippen molar-refractivity contribution < 1.29 is 14.3 Å². The number of amides is 2. The lowest BCUT2D eigenvalue weighted by Crippen LogP contribution is -2.66. The smallest absolute Gasteiger partial charge is 0.249 e. The van der Waals surface area contributed by atoms with Crippen molar-refractivity contribution in [3.05, 3.63) is 71.3 Å². The van der Waals surface area contributed by atoms with Crippen LogP contribution >= 0.6 is 0 Å². The van der Waals surface area contributed by atoms with Gasteiger partial charge in [0.2, 0.25) is 11.8 Å². The largest absolute Gasteiger partial charge is 0.366 e. The summed E-state index contributed by atoms with van der Waals surface area (Å²) in [6.45, 7) is 2.48. The van der Waals surface area contributed by atoms with Crippen LogP contribution in [-0.2, 0) is 21.6 Å². The fourth-order valence-electron chi connectivity index (χ4n) is 4.46. The lowest BCUT2D eigenvalue weighted by Gasteiger charge is -2.55. The van der Waals surface area contributed by atoms with E-state index in [9.17, 15) is 9.59 Å². The lowest BCUT2D eigenvalue weighted by molar-refractivity contribution is -0.183. The van der Waals surface area contributed by atoms with Crippen molar-refractivity contribution >= 4 is 11.8 Å². The number of benzene rings is 2. The predicted molar refractivity (Wildman–Crippen MR) is 105 cm³/mol. The SMILES string of the molecule is CN1C(=O)CO[C@@H]2CN(Cc3ccc(C(N)=O)cc3)CC[C@]21c1ccccc1. The average molecular weight is 379 g/mol. The first-order valence-corrected chi connectivity index (χ1v) is 9.55. The zero-order valence-corrected chi connectivity index (χ0v) is 16.0. The lowest BCUT2D eigenvalue weighted by atomic mass is 9.76. The molecule has 6 heteroatoms. The van der Waals surface area contributed by atoms with E-state index in [0.29, 0.717) is 5.56 Å². The van der Waals surface area contributed by atoms with Gasteiger partial charge in [-0.2, -0.15) is 0 Å². The van der Waals surface area contributed by atoms with E-state index < -0.39 is 11.4 Å². The second-order valence-corrected chi connectivity index (χ2v) is 7.59. The number of carbonyl (C=O) groups is 2. The van der Waals surface area contributed by atoms with Crippen LogP contribution in [0, 0.1) is 0 Å². The van der Waals surface area contributed by atoms with Crippen LogP contribution in [0.2, 0.25) is 0 Å².